The van der Waals surface area contributed by atoms with E-state index in [0.717, 1.165) is 17.5 Å². The molecule has 2 aromatic carbocycles. The van der Waals surface area contributed by atoms with Gasteiger partial charge in [-0.25, -0.2) is 0 Å². The Bertz CT molecular complexity index is 915. The van der Waals surface area contributed by atoms with E-state index in [2.05, 4.69) is 17.5 Å². The number of ether oxygens (including phenoxy) is 1. The van der Waals surface area contributed by atoms with Crippen molar-refractivity contribution in [2.24, 2.45) is 5.92 Å². The summed E-state index contributed by atoms with van der Waals surface area (Å²) >= 11 is 0. The molecule has 0 spiro atoms. The van der Waals surface area contributed by atoms with Gasteiger partial charge in [0.05, 0.1) is 11.0 Å². The molecule has 4 rings (SSSR count). The van der Waals surface area contributed by atoms with Gasteiger partial charge in [0, 0.05) is 12.0 Å². The number of nitrogens with one attached hydrogen (secondary N) is 1. The minimum absolute atomic E-state index is 0.00914. The first-order valence-electron chi connectivity index (χ1n) is 8.49. The fourth-order valence-corrected chi connectivity index (χ4v) is 3.97. The molecule has 1 heterocycles. The zero-order chi connectivity index (χ0) is 18.1. The van der Waals surface area contributed by atoms with Crippen LogP contribution in [-0.4, -0.2) is 11.5 Å². The maximum atomic E-state index is 11.5. The van der Waals surface area contributed by atoms with E-state index in [1.54, 1.807) is 12.1 Å². The largest absolute Gasteiger partial charge is 0.479 e. The monoisotopic (exact) mass is 347 g/mol. The highest BCUT2D eigenvalue weighted by molar-refractivity contribution is 5.71. The zero-order valence-electron chi connectivity index (χ0n) is 14.0. The van der Waals surface area contributed by atoms with Crippen molar-refractivity contribution in [2.75, 3.05) is 11.9 Å². The maximum Gasteiger partial charge on any atom is 0.292 e. The Morgan fingerprint density at radius 2 is 2.08 bits per heavy atom. The van der Waals surface area contributed by atoms with Crippen molar-refractivity contribution >= 4 is 11.4 Å². The van der Waals surface area contributed by atoms with E-state index in [-0.39, 0.29) is 29.2 Å². The van der Waals surface area contributed by atoms with Crippen LogP contribution in [0.3, 0.4) is 0 Å². The Kier molecular flexibility index (Phi) is 4.05. The summed E-state index contributed by atoms with van der Waals surface area (Å²) in [5, 5.41) is 23.5. The molecule has 0 bridgehead atoms. The van der Waals surface area contributed by atoms with Gasteiger partial charge in [0.15, 0.2) is 6.61 Å². The van der Waals surface area contributed by atoms with Crippen LogP contribution in [0.1, 0.15) is 29.5 Å². The minimum atomic E-state index is -0.333. The first-order chi connectivity index (χ1) is 12.7. The number of benzene rings is 2. The lowest BCUT2D eigenvalue weighted by atomic mass is 9.77. The predicted molar refractivity (Wildman–Crippen MR) is 97.0 cm³/mol. The van der Waals surface area contributed by atoms with Crippen molar-refractivity contribution in [3.8, 4) is 11.8 Å². The van der Waals surface area contributed by atoms with Gasteiger partial charge in [0.2, 0.25) is 0 Å². The zero-order valence-corrected chi connectivity index (χ0v) is 14.0. The number of nitriles is 1. The lowest BCUT2D eigenvalue weighted by Gasteiger charge is -2.37. The van der Waals surface area contributed by atoms with Gasteiger partial charge in [-0.1, -0.05) is 36.4 Å². The van der Waals surface area contributed by atoms with Gasteiger partial charge in [-0.05, 0) is 35.6 Å². The smallest absolute Gasteiger partial charge is 0.292 e. The summed E-state index contributed by atoms with van der Waals surface area (Å²) in [5.74, 6) is 1.12. The normalized spacial score (nSPS) is 22.7. The SMILES string of the molecule is N#CCOc1ccc([C@@H]2Nc3c(cccc3[N+](=O)[O-])[C@@H]3C=CC[C@H]32)cc1. The Balaban J connectivity index is 1.70. The molecule has 1 N–H and O–H groups in total. The Labute approximate surface area is 150 Å². The van der Waals surface area contributed by atoms with Crippen molar-refractivity contribution < 1.29 is 9.66 Å². The molecule has 0 amide bonds. The van der Waals surface area contributed by atoms with Crippen molar-refractivity contribution in [3.05, 3.63) is 75.9 Å². The first kappa shape index (κ1) is 16.2. The van der Waals surface area contributed by atoms with Gasteiger partial charge >= 0.3 is 0 Å². The predicted octanol–water partition coefficient (Wildman–Crippen LogP) is 4.32. The number of fused-ring (bicyclic) bond motifs is 3. The van der Waals surface area contributed by atoms with E-state index in [9.17, 15) is 10.1 Å². The van der Waals surface area contributed by atoms with E-state index < -0.39 is 0 Å². The molecule has 6 heteroatoms. The molecular weight excluding hydrogens is 330 g/mol. The van der Waals surface area contributed by atoms with Crippen LogP contribution in [0.15, 0.2) is 54.6 Å². The Morgan fingerprint density at radius 1 is 1.27 bits per heavy atom. The van der Waals surface area contributed by atoms with Crippen LogP contribution in [0.25, 0.3) is 0 Å². The third-order valence-corrected chi connectivity index (χ3v) is 5.11. The molecular formula is C20H17N3O3. The van der Waals surface area contributed by atoms with Crippen molar-refractivity contribution in [3.63, 3.8) is 0 Å². The second kappa shape index (κ2) is 6.52. The number of nitro groups is 1. The molecule has 0 aromatic heterocycles. The molecule has 1 aliphatic heterocycles. The van der Waals surface area contributed by atoms with Gasteiger partial charge in [-0.15, -0.1) is 0 Å². The minimum Gasteiger partial charge on any atom is -0.479 e. The summed E-state index contributed by atoms with van der Waals surface area (Å²) in [6.07, 6.45) is 5.24. The maximum absolute atomic E-state index is 11.5. The number of nitro benzene ring substituents is 1. The summed E-state index contributed by atoms with van der Waals surface area (Å²) in [4.78, 5) is 11.1. The van der Waals surface area contributed by atoms with Crippen LogP contribution in [0, 0.1) is 27.4 Å². The van der Waals surface area contributed by atoms with E-state index in [0.29, 0.717) is 17.4 Å². The number of allylic oxidation sites excluding steroid dienone is 2. The van der Waals surface area contributed by atoms with Crippen molar-refractivity contribution in [1.29, 1.82) is 5.26 Å². The fraction of sp³-hybridized carbons (Fsp3) is 0.250. The second-order valence-electron chi connectivity index (χ2n) is 6.49. The van der Waals surface area contributed by atoms with Gasteiger partial charge in [-0.3, -0.25) is 10.1 Å². The lowest BCUT2D eigenvalue weighted by molar-refractivity contribution is -0.384. The molecule has 0 unspecified atom stereocenters. The molecule has 130 valence electrons. The highest BCUT2D eigenvalue weighted by Crippen LogP contribution is 2.52. The molecule has 0 fully saturated rings. The molecule has 3 atom stereocenters. The number of anilines is 1. The van der Waals surface area contributed by atoms with E-state index in [4.69, 9.17) is 10.00 Å². The van der Waals surface area contributed by atoms with Gasteiger partial charge in [-0.2, -0.15) is 5.26 Å². The lowest BCUT2D eigenvalue weighted by Crippen LogP contribution is -2.29. The molecule has 0 saturated carbocycles. The van der Waals surface area contributed by atoms with Crippen molar-refractivity contribution in [2.45, 2.75) is 18.4 Å². The summed E-state index contributed by atoms with van der Waals surface area (Å²) in [5.41, 5.74) is 2.76. The topological polar surface area (TPSA) is 88.2 Å². The van der Waals surface area contributed by atoms with Gasteiger partial charge in [0.1, 0.15) is 17.5 Å². The number of para-hydroxylation sites is 1. The third-order valence-electron chi connectivity index (χ3n) is 5.11. The van der Waals surface area contributed by atoms with Gasteiger partial charge in [0.25, 0.3) is 5.69 Å². The molecule has 2 aliphatic rings. The van der Waals surface area contributed by atoms with E-state index in [1.807, 2.05) is 36.4 Å². The summed E-state index contributed by atoms with van der Waals surface area (Å²) < 4.78 is 5.31. The number of rotatable bonds is 4. The quantitative estimate of drug-likeness (QED) is 0.505. The van der Waals surface area contributed by atoms with Crippen molar-refractivity contribution in [1.82, 2.24) is 0 Å². The number of nitrogens with zero attached hydrogens (tertiary/aromatic N) is 2. The highest BCUT2D eigenvalue weighted by Gasteiger charge is 2.40. The average molecular weight is 347 g/mol. The standard InChI is InChI=1S/C20H17N3O3/c21-11-12-26-14-9-7-13(8-10-14)19-16-4-1-3-15(16)17-5-2-6-18(23(24)25)20(17)22-19/h1-3,5-10,15-16,19,22H,4,12H2/t15-,16-,19+/m1/s1. The summed E-state index contributed by atoms with van der Waals surface area (Å²) in [6.45, 7) is 0.00914. The third kappa shape index (κ3) is 2.68. The molecule has 0 radical (unpaired) electrons. The van der Waals surface area contributed by atoms with Crippen LogP contribution in [0.5, 0.6) is 5.75 Å². The van der Waals surface area contributed by atoms with Crippen LogP contribution >= 0.6 is 0 Å². The fourth-order valence-electron chi connectivity index (χ4n) is 3.97. The van der Waals surface area contributed by atoms with Crippen LogP contribution < -0.4 is 10.1 Å². The Hall–Kier alpha value is -3.33. The van der Waals surface area contributed by atoms with Crippen LogP contribution in [0.4, 0.5) is 11.4 Å². The van der Waals surface area contributed by atoms with Gasteiger partial charge < -0.3 is 10.1 Å². The molecule has 1 aliphatic carbocycles. The summed E-state index contributed by atoms with van der Waals surface area (Å²) in [7, 11) is 0. The molecule has 26 heavy (non-hydrogen) atoms. The van der Waals surface area contributed by atoms with Crippen LogP contribution in [0.2, 0.25) is 0 Å². The summed E-state index contributed by atoms with van der Waals surface area (Å²) in [6, 6.07) is 14.8. The highest BCUT2D eigenvalue weighted by atomic mass is 16.6. The number of hydrogen-bond acceptors (Lipinski definition) is 5. The number of hydrogen-bond donors (Lipinski definition) is 1. The van der Waals surface area contributed by atoms with E-state index in [1.165, 1.54) is 0 Å². The Morgan fingerprint density at radius 3 is 2.81 bits per heavy atom. The molecule has 0 saturated heterocycles. The molecule has 2 aromatic rings. The first-order valence-corrected chi connectivity index (χ1v) is 8.49. The molecule has 6 nitrogen and oxygen atoms in total. The van der Waals surface area contributed by atoms with Crippen LogP contribution in [-0.2, 0) is 0 Å². The van der Waals surface area contributed by atoms with E-state index >= 15 is 0 Å². The average Bonchev–Trinajstić information content (AvgIpc) is 3.15. The second-order valence-corrected chi connectivity index (χ2v) is 6.49.